The molecule has 0 heterocycles. The highest BCUT2D eigenvalue weighted by atomic mass is 16.5. The maximum absolute atomic E-state index is 11.2. The van der Waals surface area contributed by atoms with E-state index >= 15 is 0 Å². The second-order valence-electron chi connectivity index (χ2n) is 5.53. The highest BCUT2D eigenvalue weighted by Crippen LogP contribution is 2.10. The molecule has 2 nitrogen and oxygen atoms in total. The molecule has 0 aliphatic heterocycles. The lowest BCUT2D eigenvalue weighted by atomic mass is 10.1. The van der Waals surface area contributed by atoms with Gasteiger partial charge in [-0.2, -0.15) is 0 Å². The molecule has 1 aromatic carbocycles. The van der Waals surface area contributed by atoms with Gasteiger partial charge in [-0.1, -0.05) is 56.9 Å². The quantitative estimate of drug-likeness (QED) is 0.453. The van der Waals surface area contributed by atoms with Gasteiger partial charge in [0.15, 0.2) is 5.78 Å². The number of benzene rings is 1. The second kappa shape index (κ2) is 9.71. The van der Waals surface area contributed by atoms with Crippen LogP contribution in [0.2, 0.25) is 0 Å². The average molecular weight is 276 g/mol. The molecule has 20 heavy (non-hydrogen) atoms. The number of hydrogen-bond acceptors (Lipinski definition) is 2. The zero-order chi connectivity index (χ0) is 14.8. The lowest BCUT2D eigenvalue weighted by molar-refractivity contribution is 0.0607. The number of ketones is 1. The molecule has 112 valence electrons. The number of hydrogen-bond donors (Lipinski definition) is 0. The molecule has 0 radical (unpaired) electrons. The number of ether oxygens (including phenoxy) is 1. The van der Waals surface area contributed by atoms with Crippen molar-refractivity contribution in [3.63, 3.8) is 0 Å². The van der Waals surface area contributed by atoms with Crippen molar-refractivity contribution in [3.05, 3.63) is 35.4 Å². The Morgan fingerprint density at radius 3 is 2.45 bits per heavy atom. The Hall–Kier alpha value is -1.15. The molecule has 0 amide bonds. The van der Waals surface area contributed by atoms with E-state index in [0.717, 1.165) is 25.0 Å². The Balaban J connectivity index is 2.18. The highest BCUT2D eigenvalue weighted by molar-refractivity contribution is 5.93. The number of Topliss-reactive ketones (excluding diaryl/α,β-unsaturated/α-hetero) is 1. The monoisotopic (exact) mass is 276 g/mol. The van der Waals surface area contributed by atoms with Crippen molar-refractivity contribution in [2.45, 2.75) is 65.4 Å². The summed E-state index contributed by atoms with van der Waals surface area (Å²) in [5.41, 5.74) is 2.01. The molecule has 0 N–H and O–H groups in total. The topological polar surface area (TPSA) is 26.3 Å². The van der Waals surface area contributed by atoms with Gasteiger partial charge in [0.2, 0.25) is 0 Å². The van der Waals surface area contributed by atoms with Crippen molar-refractivity contribution in [1.82, 2.24) is 0 Å². The second-order valence-corrected chi connectivity index (χ2v) is 5.53. The predicted octanol–water partition coefficient (Wildman–Crippen LogP) is 4.81. The fraction of sp³-hybridized carbons (Fsp3) is 0.611. The zero-order valence-electron chi connectivity index (χ0n) is 13.2. The van der Waals surface area contributed by atoms with Crippen LogP contribution in [0.25, 0.3) is 0 Å². The molecule has 0 aromatic heterocycles. The first kappa shape index (κ1) is 16.9. The minimum absolute atomic E-state index is 0.119. The summed E-state index contributed by atoms with van der Waals surface area (Å²) in [4.78, 5) is 11.2. The van der Waals surface area contributed by atoms with Crippen molar-refractivity contribution >= 4 is 5.78 Å². The third-order valence-electron chi connectivity index (χ3n) is 3.62. The highest BCUT2D eigenvalue weighted by Gasteiger charge is 2.03. The van der Waals surface area contributed by atoms with E-state index in [1.807, 2.05) is 24.3 Å². The summed E-state index contributed by atoms with van der Waals surface area (Å²) in [6.07, 6.45) is 7.61. The summed E-state index contributed by atoms with van der Waals surface area (Å²) < 4.78 is 5.84. The number of rotatable bonds is 10. The lowest BCUT2D eigenvalue weighted by Gasteiger charge is -2.13. The fourth-order valence-electron chi connectivity index (χ4n) is 2.23. The first-order chi connectivity index (χ1) is 9.63. The molecule has 1 aromatic rings. The smallest absolute Gasteiger partial charge is 0.159 e. The van der Waals surface area contributed by atoms with Gasteiger partial charge >= 0.3 is 0 Å². The van der Waals surface area contributed by atoms with Crippen LogP contribution in [0, 0.1) is 0 Å². The van der Waals surface area contributed by atoms with E-state index in [2.05, 4.69) is 13.8 Å². The van der Waals surface area contributed by atoms with Gasteiger partial charge in [-0.3, -0.25) is 4.79 Å². The van der Waals surface area contributed by atoms with E-state index in [4.69, 9.17) is 4.74 Å². The predicted molar refractivity (Wildman–Crippen MR) is 84.3 cm³/mol. The largest absolute Gasteiger partial charge is 0.378 e. The molecule has 1 rings (SSSR count). The minimum Gasteiger partial charge on any atom is -0.378 e. The van der Waals surface area contributed by atoms with Crippen molar-refractivity contribution in [2.75, 3.05) is 6.61 Å². The Labute approximate surface area is 123 Å². The van der Waals surface area contributed by atoms with Gasteiger partial charge in [-0.05, 0) is 32.3 Å². The Morgan fingerprint density at radius 1 is 1.15 bits per heavy atom. The number of carbonyl (C=O) groups excluding carboxylic acids is 1. The molecule has 1 unspecified atom stereocenters. The molecule has 2 heteroatoms. The van der Waals surface area contributed by atoms with Crippen LogP contribution in [0.5, 0.6) is 0 Å². The van der Waals surface area contributed by atoms with Crippen LogP contribution in [0.4, 0.5) is 0 Å². The number of unbranched alkanes of at least 4 members (excludes halogenated alkanes) is 3. The molecule has 0 spiro atoms. The maximum atomic E-state index is 11.2. The van der Waals surface area contributed by atoms with E-state index in [-0.39, 0.29) is 5.78 Å². The normalized spacial score (nSPS) is 12.3. The summed E-state index contributed by atoms with van der Waals surface area (Å²) in [5, 5.41) is 0. The van der Waals surface area contributed by atoms with Crippen molar-refractivity contribution < 1.29 is 9.53 Å². The fourth-order valence-corrected chi connectivity index (χ4v) is 2.23. The molecule has 0 aliphatic carbocycles. The van der Waals surface area contributed by atoms with Gasteiger partial charge in [-0.25, -0.2) is 0 Å². The van der Waals surface area contributed by atoms with E-state index in [0.29, 0.717) is 6.10 Å². The molecule has 1 atom stereocenters. The summed E-state index contributed by atoms with van der Waals surface area (Å²) in [7, 11) is 0. The molecule has 0 saturated heterocycles. The summed E-state index contributed by atoms with van der Waals surface area (Å²) in [6.45, 7) is 6.74. The van der Waals surface area contributed by atoms with E-state index in [9.17, 15) is 4.79 Å². The maximum Gasteiger partial charge on any atom is 0.159 e. The van der Waals surface area contributed by atoms with E-state index in [1.165, 1.54) is 31.2 Å². The van der Waals surface area contributed by atoms with Gasteiger partial charge in [0.1, 0.15) is 0 Å². The summed E-state index contributed by atoms with van der Waals surface area (Å²) in [6, 6.07) is 7.83. The summed E-state index contributed by atoms with van der Waals surface area (Å²) in [5.74, 6) is 0.119. The van der Waals surface area contributed by atoms with Crippen LogP contribution in [0.1, 0.15) is 68.8 Å². The van der Waals surface area contributed by atoms with Crippen LogP contribution >= 0.6 is 0 Å². The Kier molecular flexibility index (Phi) is 8.20. The third-order valence-corrected chi connectivity index (χ3v) is 3.62. The molecule has 0 saturated carbocycles. The zero-order valence-corrected chi connectivity index (χ0v) is 13.2. The SMILES string of the molecule is CCCCCCC(C)OCCc1ccc(C(C)=O)cc1. The van der Waals surface area contributed by atoms with Crippen molar-refractivity contribution in [1.29, 1.82) is 0 Å². The first-order valence-electron chi connectivity index (χ1n) is 7.85. The van der Waals surface area contributed by atoms with Gasteiger partial charge in [0.25, 0.3) is 0 Å². The van der Waals surface area contributed by atoms with Gasteiger partial charge in [0.05, 0.1) is 12.7 Å². The Morgan fingerprint density at radius 2 is 1.85 bits per heavy atom. The van der Waals surface area contributed by atoms with Gasteiger partial charge in [-0.15, -0.1) is 0 Å². The lowest BCUT2D eigenvalue weighted by Crippen LogP contribution is -2.10. The third kappa shape index (κ3) is 6.85. The van der Waals surface area contributed by atoms with Crippen molar-refractivity contribution in [3.8, 4) is 0 Å². The van der Waals surface area contributed by atoms with Crippen molar-refractivity contribution in [2.24, 2.45) is 0 Å². The molecular weight excluding hydrogens is 248 g/mol. The minimum atomic E-state index is 0.119. The van der Waals surface area contributed by atoms with Crippen LogP contribution < -0.4 is 0 Å². The summed E-state index contributed by atoms with van der Waals surface area (Å²) >= 11 is 0. The number of carbonyl (C=O) groups is 1. The van der Waals surface area contributed by atoms with E-state index < -0.39 is 0 Å². The van der Waals surface area contributed by atoms with Crippen LogP contribution in [0.15, 0.2) is 24.3 Å². The molecular formula is C18H28O2. The van der Waals surface area contributed by atoms with Crippen LogP contribution in [-0.4, -0.2) is 18.5 Å². The van der Waals surface area contributed by atoms with E-state index in [1.54, 1.807) is 6.92 Å². The van der Waals surface area contributed by atoms with Gasteiger partial charge < -0.3 is 4.74 Å². The van der Waals surface area contributed by atoms with Crippen LogP contribution in [-0.2, 0) is 11.2 Å². The Bertz CT molecular complexity index is 381. The molecule has 0 bridgehead atoms. The van der Waals surface area contributed by atoms with Gasteiger partial charge in [0, 0.05) is 5.56 Å². The first-order valence-corrected chi connectivity index (χ1v) is 7.85. The average Bonchev–Trinajstić information content (AvgIpc) is 2.44. The molecule has 0 aliphatic rings. The standard InChI is InChI=1S/C18H28O2/c1-4-5-6-7-8-15(2)20-14-13-17-9-11-18(12-10-17)16(3)19/h9-12,15H,4-8,13-14H2,1-3H3. The van der Waals surface area contributed by atoms with Crippen LogP contribution in [0.3, 0.4) is 0 Å². The molecule has 0 fully saturated rings.